The van der Waals surface area contributed by atoms with Crippen LogP contribution in [0.2, 0.25) is 5.02 Å². The standard InChI is InChI=1S/C24H20ClN3O4/c25-17-8-5-15(6-9-17)20-13-18(32-27-20)14-31-24(30)16-7-10-19-21(12-16)26-22-4-2-1-3-11-28(22)23(19)29/h5-10,12-13H,1-4,11,14H2. The van der Waals surface area contributed by atoms with Crippen LogP contribution >= 0.6 is 11.6 Å². The molecule has 32 heavy (non-hydrogen) atoms. The summed E-state index contributed by atoms with van der Waals surface area (Å²) in [6.07, 6.45) is 3.83. The summed E-state index contributed by atoms with van der Waals surface area (Å²) in [4.78, 5) is 30.1. The van der Waals surface area contributed by atoms with Crippen LogP contribution < -0.4 is 5.56 Å². The number of carbonyl (C=O) groups is 1. The highest BCUT2D eigenvalue weighted by Crippen LogP contribution is 2.22. The van der Waals surface area contributed by atoms with Gasteiger partial charge >= 0.3 is 5.97 Å². The van der Waals surface area contributed by atoms with Crippen LogP contribution in [-0.4, -0.2) is 20.7 Å². The molecular weight excluding hydrogens is 430 g/mol. The molecule has 0 bridgehead atoms. The summed E-state index contributed by atoms with van der Waals surface area (Å²) in [5, 5.41) is 5.15. The van der Waals surface area contributed by atoms with Crippen molar-refractivity contribution in [3.05, 3.63) is 81.1 Å². The number of ether oxygens (including phenoxy) is 1. The molecule has 1 aliphatic rings. The third-order valence-electron chi connectivity index (χ3n) is 5.60. The highest BCUT2D eigenvalue weighted by Gasteiger charge is 2.16. The first kappa shape index (κ1) is 20.5. The van der Waals surface area contributed by atoms with E-state index < -0.39 is 5.97 Å². The van der Waals surface area contributed by atoms with Crippen molar-refractivity contribution in [1.29, 1.82) is 0 Å². The molecule has 3 heterocycles. The van der Waals surface area contributed by atoms with Crippen LogP contribution in [0.15, 0.2) is 57.8 Å². The Bertz CT molecular complexity index is 1360. The minimum atomic E-state index is -0.520. The molecule has 2 aromatic heterocycles. The summed E-state index contributed by atoms with van der Waals surface area (Å²) < 4.78 is 12.4. The van der Waals surface area contributed by atoms with E-state index in [1.165, 1.54) is 0 Å². The van der Waals surface area contributed by atoms with E-state index in [1.807, 2.05) is 12.1 Å². The van der Waals surface area contributed by atoms with E-state index >= 15 is 0 Å². The lowest BCUT2D eigenvalue weighted by Crippen LogP contribution is -2.24. The summed E-state index contributed by atoms with van der Waals surface area (Å²) in [6.45, 7) is 0.633. The second-order valence-electron chi connectivity index (χ2n) is 7.79. The lowest BCUT2D eigenvalue weighted by molar-refractivity contribution is 0.0437. The molecule has 4 aromatic rings. The number of nitrogens with zero attached hydrogens (tertiary/aromatic N) is 3. The fraction of sp³-hybridized carbons (Fsp3) is 0.250. The number of halogens is 1. The largest absolute Gasteiger partial charge is 0.454 e. The fourth-order valence-electron chi connectivity index (χ4n) is 3.90. The Hall–Kier alpha value is -3.45. The quantitative estimate of drug-likeness (QED) is 0.416. The predicted octanol–water partition coefficient (Wildman–Crippen LogP) is 4.79. The molecule has 5 rings (SSSR count). The average Bonchev–Trinajstić information content (AvgIpc) is 3.15. The van der Waals surface area contributed by atoms with Gasteiger partial charge < -0.3 is 9.26 Å². The highest BCUT2D eigenvalue weighted by atomic mass is 35.5. The first-order valence-electron chi connectivity index (χ1n) is 10.5. The average molecular weight is 450 g/mol. The normalized spacial score (nSPS) is 13.5. The lowest BCUT2D eigenvalue weighted by atomic mass is 10.1. The summed E-state index contributed by atoms with van der Waals surface area (Å²) >= 11 is 5.91. The van der Waals surface area contributed by atoms with Gasteiger partial charge in [0, 0.05) is 29.6 Å². The van der Waals surface area contributed by atoms with Crippen molar-refractivity contribution in [3.8, 4) is 11.3 Å². The van der Waals surface area contributed by atoms with Crippen LogP contribution in [0, 0.1) is 0 Å². The minimum absolute atomic E-state index is 0.0526. The molecule has 1 aliphatic heterocycles. The van der Waals surface area contributed by atoms with Crippen molar-refractivity contribution in [2.24, 2.45) is 0 Å². The molecule has 7 nitrogen and oxygen atoms in total. The van der Waals surface area contributed by atoms with E-state index in [1.54, 1.807) is 41.0 Å². The molecule has 0 N–H and O–H groups in total. The Morgan fingerprint density at radius 3 is 2.78 bits per heavy atom. The molecule has 0 saturated heterocycles. The van der Waals surface area contributed by atoms with Gasteiger partial charge in [0.15, 0.2) is 12.4 Å². The number of benzene rings is 2. The van der Waals surface area contributed by atoms with Gasteiger partial charge in [-0.05, 0) is 43.2 Å². The van der Waals surface area contributed by atoms with Crippen molar-refractivity contribution in [3.63, 3.8) is 0 Å². The molecular formula is C24H20ClN3O4. The van der Waals surface area contributed by atoms with Crippen LogP contribution in [-0.2, 0) is 24.3 Å². The Morgan fingerprint density at radius 2 is 1.94 bits per heavy atom. The number of hydrogen-bond acceptors (Lipinski definition) is 6. The molecule has 0 atom stereocenters. The molecule has 0 saturated carbocycles. The molecule has 2 aromatic carbocycles. The van der Waals surface area contributed by atoms with Gasteiger partial charge in [0.2, 0.25) is 0 Å². The smallest absolute Gasteiger partial charge is 0.338 e. The Morgan fingerprint density at radius 1 is 1.09 bits per heavy atom. The number of hydrogen-bond donors (Lipinski definition) is 0. The molecule has 0 radical (unpaired) electrons. The van der Waals surface area contributed by atoms with E-state index in [0.717, 1.165) is 37.1 Å². The number of rotatable bonds is 4. The fourth-order valence-corrected chi connectivity index (χ4v) is 4.03. The molecule has 0 fully saturated rings. The van der Waals surface area contributed by atoms with Gasteiger partial charge in [0.05, 0.1) is 16.5 Å². The van der Waals surface area contributed by atoms with E-state index in [4.69, 9.17) is 20.9 Å². The second kappa shape index (κ2) is 8.59. The first-order chi connectivity index (χ1) is 15.6. The zero-order valence-electron chi connectivity index (χ0n) is 17.2. The van der Waals surface area contributed by atoms with Crippen molar-refractivity contribution >= 4 is 28.5 Å². The van der Waals surface area contributed by atoms with Crippen molar-refractivity contribution in [2.45, 2.75) is 38.8 Å². The number of aromatic nitrogens is 3. The zero-order chi connectivity index (χ0) is 22.1. The molecule has 0 aliphatic carbocycles. The first-order valence-corrected chi connectivity index (χ1v) is 10.9. The Balaban J connectivity index is 1.33. The van der Waals surface area contributed by atoms with Crippen molar-refractivity contribution in [1.82, 2.24) is 14.7 Å². The second-order valence-corrected chi connectivity index (χ2v) is 8.23. The third-order valence-corrected chi connectivity index (χ3v) is 5.85. The number of carbonyl (C=O) groups excluding carboxylic acids is 1. The molecule has 8 heteroatoms. The summed E-state index contributed by atoms with van der Waals surface area (Å²) in [7, 11) is 0. The predicted molar refractivity (Wildman–Crippen MR) is 120 cm³/mol. The van der Waals surface area contributed by atoms with Crippen LogP contribution in [0.5, 0.6) is 0 Å². The molecule has 0 amide bonds. The number of aryl methyl sites for hydroxylation is 1. The monoisotopic (exact) mass is 449 g/mol. The van der Waals surface area contributed by atoms with E-state index in [-0.39, 0.29) is 12.2 Å². The highest BCUT2D eigenvalue weighted by molar-refractivity contribution is 6.30. The van der Waals surface area contributed by atoms with Crippen LogP contribution in [0.4, 0.5) is 0 Å². The van der Waals surface area contributed by atoms with Gasteiger partial charge in [0.1, 0.15) is 11.5 Å². The third kappa shape index (κ3) is 4.03. The van der Waals surface area contributed by atoms with Gasteiger partial charge in [-0.3, -0.25) is 9.36 Å². The number of fused-ring (bicyclic) bond motifs is 2. The van der Waals surface area contributed by atoms with E-state index in [9.17, 15) is 9.59 Å². The van der Waals surface area contributed by atoms with Gasteiger partial charge in [-0.15, -0.1) is 0 Å². The van der Waals surface area contributed by atoms with Gasteiger partial charge in [-0.2, -0.15) is 0 Å². The minimum Gasteiger partial charge on any atom is -0.454 e. The summed E-state index contributed by atoms with van der Waals surface area (Å²) in [5.74, 6) is 0.681. The topological polar surface area (TPSA) is 87.2 Å². The molecule has 162 valence electrons. The maximum absolute atomic E-state index is 12.8. The van der Waals surface area contributed by atoms with Gasteiger partial charge in [-0.1, -0.05) is 35.3 Å². The lowest BCUT2D eigenvalue weighted by Gasteiger charge is -2.10. The summed E-state index contributed by atoms with van der Waals surface area (Å²) in [6, 6.07) is 13.8. The molecule has 0 unspecified atom stereocenters. The van der Waals surface area contributed by atoms with Crippen LogP contribution in [0.1, 0.15) is 41.2 Å². The van der Waals surface area contributed by atoms with Crippen molar-refractivity contribution < 1.29 is 14.1 Å². The Kier molecular flexibility index (Phi) is 5.49. The maximum Gasteiger partial charge on any atom is 0.338 e. The van der Waals surface area contributed by atoms with Crippen molar-refractivity contribution in [2.75, 3.05) is 0 Å². The summed E-state index contributed by atoms with van der Waals surface area (Å²) in [5.41, 5.74) is 2.27. The maximum atomic E-state index is 12.8. The van der Waals surface area contributed by atoms with Gasteiger partial charge in [0.25, 0.3) is 5.56 Å². The zero-order valence-corrected chi connectivity index (χ0v) is 18.0. The Labute approximate surface area is 188 Å². The van der Waals surface area contributed by atoms with Crippen LogP contribution in [0.25, 0.3) is 22.2 Å². The van der Waals surface area contributed by atoms with E-state index in [0.29, 0.717) is 39.5 Å². The molecule has 0 spiro atoms. The van der Waals surface area contributed by atoms with Gasteiger partial charge in [-0.25, -0.2) is 9.78 Å². The van der Waals surface area contributed by atoms with E-state index in [2.05, 4.69) is 10.1 Å². The SMILES string of the molecule is O=C(OCc1cc(-c2ccc(Cl)cc2)no1)c1ccc2c(=O)n3c(nc2c1)CCCCC3. The van der Waals surface area contributed by atoms with Crippen LogP contribution in [0.3, 0.4) is 0 Å². The number of esters is 1.